The van der Waals surface area contributed by atoms with Crippen LogP contribution in [0.2, 0.25) is 0 Å². The Balaban J connectivity index is 1.37. The van der Waals surface area contributed by atoms with Crippen LogP contribution in [0.1, 0.15) is 78.2 Å². The summed E-state index contributed by atoms with van der Waals surface area (Å²) in [5, 5.41) is 3.70. The Morgan fingerprint density at radius 1 is 1.07 bits per heavy atom. The fraction of sp³-hybridized carbons (Fsp3) is 0.542. The molecule has 1 aliphatic heterocycles. The number of hydrogen-bond donors (Lipinski definition) is 1. The van der Waals surface area contributed by atoms with E-state index in [-0.39, 0.29) is 5.97 Å². The second-order valence-corrected chi connectivity index (χ2v) is 8.87. The first-order valence-corrected chi connectivity index (χ1v) is 11.3. The molecule has 3 aliphatic rings. The lowest BCUT2D eigenvalue weighted by atomic mass is 9.95. The zero-order valence-electron chi connectivity index (χ0n) is 17.7. The van der Waals surface area contributed by atoms with Gasteiger partial charge in [-0.25, -0.2) is 14.8 Å². The van der Waals surface area contributed by atoms with Crippen molar-refractivity contribution in [1.82, 2.24) is 9.97 Å². The number of ether oxygens (including phenoxy) is 1. The van der Waals surface area contributed by atoms with Gasteiger partial charge in [-0.15, -0.1) is 0 Å². The summed E-state index contributed by atoms with van der Waals surface area (Å²) in [6.45, 7) is 1.70. The standard InChI is InChI=1S/C24H30N4O2/c1-30-24(29)18-9-10-19-15-28(12-11-17(19)13-18)22-14-21(25-20-5-3-2-4-6-20)26-23(27-22)16-7-8-16/h9-10,13-14,16,20H,2-8,11-12,15H2,1H3,(H,25,26,27). The summed E-state index contributed by atoms with van der Waals surface area (Å²) in [7, 11) is 1.43. The Morgan fingerprint density at radius 3 is 2.67 bits per heavy atom. The highest BCUT2D eigenvalue weighted by atomic mass is 16.5. The number of fused-ring (bicyclic) bond motifs is 1. The molecule has 0 unspecified atom stereocenters. The minimum atomic E-state index is -0.275. The third-order valence-electron chi connectivity index (χ3n) is 6.59. The van der Waals surface area contributed by atoms with E-state index in [9.17, 15) is 4.79 Å². The highest BCUT2D eigenvalue weighted by Crippen LogP contribution is 2.39. The summed E-state index contributed by atoms with van der Waals surface area (Å²) in [4.78, 5) is 24.0. The lowest BCUT2D eigenvalue weighted by Crippen LogP contribution is -2.32. The van der Waals surface area contributed by atoms with Crippen LogP contribution >= 0.6 is 0 Å². The normalized spacial score (nSPS) is 19.3. The van der Waals surface area contributed by atoms with Crippen molar-refractivity contribution in [2.75, 3.05) is 23.9 Å². The highest BCUT2D eigenvalue weighted by Gasteiger charge is 2.29. The van der Waals surface area contributed by atoms with Gasteiger partial charge in [0.25, 0.3) is 0 Å². The van der Waals surface area contributed by atoms with Crippen LogP contribution in [0, 0.1) is 0 Å². The van der Waals surface area contributed by atoms with Crippen LogP contribution in [0.25, 0.3) is 0 Å². The molecule has 2 saturated carbocycles. The molecule has 1 N–H and O–H groups in total. The van der Waals surface area contributed by atoms with Gasteiger partial charge in [0.05, 0.1) is 12.7 Å². The number of anilines is 2. The van der Waals surface area contributed by atoms with Crippen LogP contribution in [0.4, 0.5) is 11.6 Å². The van der Waals surface area contributed by atoms with Crippen molar-refractivity contribution in [2.24, 2.45) is 0 Å². The van der Waals surface area contributed by atoms with Gasteiger partial charge in [0.1, 0.15) is 17.5 Å². The van der Waals surface area contributed by atoms with Gasteiger partial charge in [-0.3, -0.25) is 0 Å². The number of carbonyl (C=O) groups is 1. The number of benzene rings is 1. The number of carbonyl (C=O) groups excluding carboxylic acids is 1. The molecular weight excluding hydrogens is 376 g/mol. The maximum Gasteiger partial charge on any atom is 0.337 e. The van der Waals surface area contributed by atoms with Gasteiger partial charge in [-0.05, 0) is 55.4 Å². The van der Waals surface area contributed by atoms with Crippen molar-refractivity contribution in [2.45, 2.75) is 69.9 Å². The lowest BCUT2D eigenvalue weighted by molar-refractivity contribution is 0.0600. The average molecular weight is 407 g/mol. The molecule has 2 aromatic rings. The molecule has 2 heterocycles. The van der Waals surface area contributed by atoms with Gasteiger partial charge in [-0.2, -0.15) is 0 Å². The molecule has 0 spiro atoms. The van der Waals surface area contributed by atoms with Gasteiger partial charge in [0.15, 0.2) is 0 Å². The molecule has 30 heavy (non-hydrogen) atoms. The zero-order chi connectivity index (χ0) is 20.5. The zero-order valence-corrected chi connectivity index (χ0v) is 17.7. The van der Waals surface area contributed by atoms with Crippen LogP contribution in [0.3, 0.4) is 0 Å². The molecule has 6 heteroatoms. The Bertz CT molecular complexity index is 935. The summed E-state index contributed by atoms with van der Waals surface area (Å²) < 4.78 is 4.86. The Labute approximate surface area is 178 Å². The highest BCUT2D eigenvalue weighted by molar-refractivity contribution is 5.89. The van der Waals surface area contributed by atoms with E-state index in [1.807, 2.05) is 12.1 Å². The van der Waals surface area contributed by atoms with Crippen LogP contribution < -0.4 is 10.2 Å². The van der Waals surface area contributed by atoms with Gasteiger partial charge in [0, 0.05) is 31.1 Å². The molecule has 1 aromatic heterocycles. The molecule has 2 fully saturated rings. The van der Waals surface area contributed by atoms with E-state index in [4.69, 9.17) is 14.7 Å². The van der Waals surface area contributed by atoms with Gasteiger partial charge < -0.3 is 15.0 Å². The van der Waals surface area contributed by atoms with Gasteiger partial charge in [-0.1, -0.05) is 25.3 Å². The smallest absolute Gasteiger partial charge is 0.337 e. The second-order valence-electron chi connectivity index (χ2n) is 8.87. The molecule has 0 amide bonds. The summed E-state index contributed by atoms with van der Waals surface area (Å²) in [6.07, 6.45) is 9.73. The van der Waals surface area contributed by atoms with Gasteiger partial charge >= 0.3 is 5.97 Å². The minimum absolute atomic E-state index is 0.275. The topological polar surface area (TPSA) is 67.3 Å². The average Bonchev–Trinajstić information content (AvgIpc) is 3.64. The number of hydrogen-bond acceptors (Lipinski definition) is 6. The summed E-state index contributed by atoms with van der Waals surface area (Å²) >= 11 is 0. The van der Waals surface area contributed by atoms with Gasteiger partial charge in [0.2, 0.25) is 0 Å². The summed E-state index contributed by atoms with van der Waals surface area (Å²) in [5.41, 5.74) is 3.11. The molecule has 1 aromatic carbocycles. The Kier molecular flexibility index (Phi) is 5.32. The van der Waals surface area contributed by atoms with Crippen LogP contribution in [0.15, 0.2) is 24.3 Å². The van der Waals surface area contributed by atoms with Crippen molar-refractivity contribution in [3.05, 3.63) is 46.8 Å². The van der Waals surface area contributed by atoms with E-state index >= 15 is 0 Å². The predicted molar refractivity (Wildman–Crippen MR) is 117 cm³/mol. The first kappa shape index (κ1) is 19.3. The first-order valence-electron chi connectivity index (χ1n) is 11.3. The van der Waals surface area contributed by atoms with Crippen LogP contribution in [0.5, 0.6) is 0 Å². The monoisotopic (exact) mass is 406 g/mol. The maximum absolute atomic E-state index is 11.8. The summed E-state index contributed by atoms with van der Waals surface area (Å²) in [6, 6.07) is 8.56. The quantitative estimate of drug-likeness (QED) is 0.740. The van der Waals surface area contributed by atoms with Crippen LogP contribution in [-0.2, 0) is 17.7 Å². The summed E-state index contributed by atoms with van der Waals surface area (Å²) in [5.74, 6) is 3.26. The molecule has 5 rings (SSSR count). The minimum Gasteiger partial charge on any atom is -0.465 e. The van der Waals surface area contributed by atoms with E-state index in [0.717, 1.165) is 37.0 Å². The largest absolute Gasteiger partial charge is 0.465 e. The van der Waals surface area contributed by atoms with Crippen molar-refractivity contribution >= 4 is 17.6 Å². The molecule has 0 bridgehead atoms. The molecule has 2 aliphatic carbocycles. The van der Waals surface area contributed by atoms with Crippen molar-refractivity contribution in [3.63, 3.8) is 0 Å². The van der Waals surface area contributed by atoms with Crippen molar-refractivity contribution < 1.29 is 9.53 Å². The molecular formula is C24H30N4O2. The maximum atomic E-state index is 11.8. The molecule has 6 nitrogen and oxygen atoms in total. The molecule has 0 radical (unpaired) electrons. The van der Waals surface area contributed by atoms with E-state index in [1.165, 1.54) is 63.2 Å². The number of nitrogens with zero attached hydrogens (tertiary/aromatic N) is 3. The number of nitrogens with one attached hydrogen (secondary N) is 1. The first-order chi connectivity index (χ1) is 14.7. The van der Waals surface area contributed by atoms with E-state index in [2.05, 4.69) is 22.3 Å². The number of methoxy groups -OCH3 is 1. The number of aromatic nitrogens is 2. The van der Waals surface area contributed by atoms with E-state index < -0.39 is 0 Å². The SMILES string of the molecule is COC(=O)c1ccc2c(c1)CCN(c1cc(NC3CCCCC3)nc(C3CC3)n1)C2. The third-order valence-corrected chi connectivity index (χ3v) is 6.59. The van der Waals surface area contributed by atoms with Crippen molar-refractivity contribution in [1.29, 1.82) is 0 Å². The van der Waals surface area contributed by atoms with Crippen LogP contribution in [-0.4, -0.2) is 35.6 Å². The van der Waals surface area contributed by atoms with E-state index in [0.29, 0.717) is 17.5 Å². The Hall–Kier alpha value is -2.63. The predicted octanol–water partition coefficient (Wildman–Crippen LogP) is 4.45. The lowest BCUT2D eigenvalue weighted by Gasteiger charge is -2.31. The third kappa shape index (κ3) is 4.13. The van der Waals surface area contributed by atoms with E-state index in [1.54, 1.807) is 0 Å². The fourth-order valence-corrected chi connectivity index (χ4v) is 4.66. The number of rotatable bonds is 5. The van der Waals surface area contributed by atoms with Crippen molar-refractivity contribution in [3.8, 4) is 0 Å². The number of esters is 1. The second kappa shape index (κ2) is 8.25. The molecule has 158 valence electrons. The fourth-order valence-electron chi connectivity index (χ4n) is 4.66. The molecule has 0 saturated heterocycles. The Morgan fingerprint density at radius 2 is 1.90 bits per heavy atom. The molecule has 0 atom stereocenters.